The highest BCUT2D eigenvalue weighted by Gasteiger charge is 2.43. The van der Waals surface area contributed by atoms with Crippen molar-refractivity contribution in [3.8, 4) is 0 Å². The van der Waals surface area contributed by atoms with Crippen LogP contribution in [-0.2, 0) is 4.79 Å². The van der Waals surface area contributed by atoms with E-state index < -0.39 is 12.0 Å². The number of nitrogens with one attached hydrogen (secondary N) is 1. The van der Waals surface area contributed by atoms with Crippen LogP contribution in [0.25, 0.3) is 0 Å². The van der Waals surface area contributed by atoms with Gasteiger partial charge in [-0.15, -0.1) is 0 Å². The van der Waals surface area contributed by atoms with Gasteiger partial charge in [0.25, 0.3) is 0 Å². The van der Waals surface area contributed by atoms with Crippen LogP contribution in [0.2, 0.25) is 0 Å². The summed E-state index contributed by atoms with van der Waals surface area (Å²) in [6, 6.07) is 14.8. The Labute approximate surface area is 122 Å². The van der Waals surface area contributed by atoms with E-state index in [9.17, 15) is 9.18 Å². The second kappa shape index (κ2) is 5.13. The molecule has 4 heteroatoms. The van der Waals surface area contributed by atoms with Gasteiger partial charge in [0, 0.05) is 5.69 Å². The second-order valence-electron chi connectivity index (χ2n) is 5.15. The number of carbonyl (C=O) groups excluding carboxylic acids is 1. The Morgan fingerprint density at radius 1 is 1.05 bits per heavy atom. The molecular formula is C17H15FN2O. The lowest BCUT2D eigenvalue weighted by Gasteiger charge is -2.22. The van der Waals surface area contributed by atoms with E-state index in [1.54, 1.807) is 24.0 Å². The van der Waals surface area contributed by atoms with E-state index in [-0.39, 0.29) is 17.4 Å². The predicted octanol–water partition coefficient (Wildman–Crippen LogP) is 3.36. The Hall–Kier alpha value is -2.49. The van der Waals surface area contributed by atoms with Gasteiger partial charge in [0.05, 0.1) is 6.04 Å². The molecule has 0 bridgehead atoms. The van der Waals surface area contributed by atoms with Crippen LogP contribution < -0.4 is 4.90 Å². The van der Waals surface area contributed by atoms with Gasteiger partial charge in [-0.1, -0.05) is 30.3 Å². The highest BCUT2D eigenvalue weighted by atomic mass is 19.1. The quantitative estimate of drug-likeness (QED) is 0.917. The maximum absolute atomic E-state index is 13.0. The zero-order chi connectivity index (χ0) is 15.0. The molecule has 3 nitrogen and oxygen atoms in total. The van der Waals surface area contributed by atoms with Crippen LogP contribution in [0.3, 0.4) is 0 Å². The highest BCUT2D eigenvalue weighted by Crippen LogP contribution is 2.33. The molecule has 106 valence electrons. The molecule has 2 aromatic carbocycles. The van der Waals surface area contributed by atoms with Crippen LogP contribution in [0, 0.1) is 11.2 Å². The summed E-state index contributed by atoms with van der Waals surface area (Å²) in [6.07, 6.45) is 0. The van der Waals surface area contributed by atoms with Crippen LogP contribution >= 0.6 is 0 Å². The fraction of sp³-hybridized carbons (Fsp3) is 0.176. The summed E-state index contributed by atoms with van der Waals surface area (Å²) in [5.41, 5.74) is 1.49. The van der Waals surface area contributed by atoms with Crippen LogP contribution in [-0.4, -0.2) is 17.7 Å². The van der Waals surface area contributed by atoms with E-state index in [4.69, 9.17) is 5.41 Å². The molecule has 1 aliphatic heterocycles. The minimum atomic E-state index is -0.624. The van der Waals surface area contributed by atoms with Crippen molar-refractivity contribution in [3.05, 3.63) is 66.0 Å². The number of benzene rings is 2. The summed E-state index contributed by atoms with van der Waals surface area (Å²) < 4.78 is 13.0. The zero-order valence-corrected chi connectivity index (χ0v) is 11.6. The molecule has 0 radical (unpaired) electrons. The lowest BCUT2D eigenvalue weighted by Crippen LogP contribution is -2.32. The highest BCUT2D eigenvalue weighted by molar-refractivity contribution is 6.23. The topological polar surface area (TPSA) is 44.2 Å². The van der Waals surface area contributed by atoms with Gasteiger partial charge in [-0.3, -0.25) is 10.2 Å². The Balaban J connectivity index is 1.99. The largest absolute Gasteiger partial charge is 0.319 e. The number of halogens is 1. The van der Waals surface area contributed by atoms with E-state index in [0.29, 0.717) is 5.56 Å². The standard InChI is InChI=1S/C17H15FN2O/c1-11-16(21)15(12-7-9-13(18)10-8-12)17(19)20(11)14-5-3-2-4-6-14/h2-11,15,19H,1H3. The normalized spacial score (nSPS) is 21.9. The number of hydrogen-bond donors (Lipinski definition) is 1. The molecule has 1 heterocycles. The van der Waals surface area contributed by atoms with Gasteiger partial charge < -0.3 is 4.90 Å². The Morgan fingerprint density at radius 2 is 1.67 bits per heavy atom. The third-order valence-corrected chi connectivity index (χ3v) is 3.85. The molecule has 1 N–H and O–H groups in total. The maximum Gasteiger partial charge on any atom is 0.170 e. The number of Topliss-reactive ketones (excluding diaryl/α,β-unsaturated/α-hetero) is 1. The van der Waals surface area contributed by atoms with Gasteiger partial charge in [0.2, 0.25) is 0 Å². The summed E-state index contributed by atoms with van der Waals surface area (Å²) in [5.74, 6) is -0.759. The Morgan fingerprint density at radius 3 is 2.29 bits per heavy atom. The first-order chi connectivity index (χ1) is 10.1. The molecule has 1 aliphatic rings. The zero-order valence-electron chi connectivity index (χ0n) is 11.6. The molecule has 0 saturated carbocycles. The molecule has 21 heavy (non-hydrogen) atoms. The van der Waals surface area contributed by atoms with E-state index in [1.165, 1.54) is 12.1 Å². The Kier molecular flexibility index (Phi) is 3.29. The van der Waals surface area contributed by atoms with Crippen molar-refractivity contribution < 1.29 is 9.18 Å². The number of hydrogen-bond acceptors (Lipinski definition) is 2. The summed E-state index contributed by atoms with van der Waals surface area (Å²) in [7, 11) is 0. The first-order valence-corrected chi connectivity index (χ1v) is 6.81. The monoisotopic (exact) mass is 282 g/mol. The van der Waals surface area contributed by atoms with E-state index in [0.717, 1.165) is 5.69 Å². The predicted molar refractivity (Wildman–Crippen MR) is 80.3 cm³/mol. The van der Waals surface area contributed by atoms with Crippen molar-refractivity contribution in [1.29, 1.82) is 5.41 Å². The third kappa shape index (κ3) is 2.23. The molecule has 2 unspecified atom stereocenters. The van der Waals surface area contributed by atoms with Gasteiger partial charge in [-0.2, -0.15) is 0 Å². The summed E-state index contributed by atoms with van der Waals surface area (Å²) in [4.78, 5) is 14.2. The van der Waals surface area contributed by atoms with Gasteiger partial charge in [0.15, 0.2) is 5.78 Å². The van der Waals surface area contributed by atoms with Gasteiger partial charge in [-0.05, 0) is 36.8 Å². The van der Waals surface area contributed by atoms with Crippen molar-refractivity contribution in [2.24, 2.45) is 0 Å². The molecule has 2 aromatic rings. The molecule has 0 aromatic heterocycles. The van der Waals surface area contributed by atoms with Gasteiger partial charge >= 0.3 is 0 Å². The van der Waals surface area contributed by atoms with Crippen LogP contribution in [0.15, 0.2) is 54.6 Å². The minimum Gasteiger partial charge on any atom is -0.319 e. The van der Waals surface area contributed by atoms with Gasteiger partial charge in [-0.25, -0.2) is 4.39 Å². The molecular weight excluding hydrogens is 267 g/mol. The van der Waals surface area contributed by atoms with Crippen molar-refractivity contribution in [2.45, 2.75) is 18.9 Å². The smallest absolute Gasteiger partial charge is 0.170 e. The van der Waals surface area contributed by atoms with Crippen molar-refractivity contribution >= 4 is 17.3 Å². The molecule has 1 fully saturated rings. The van der Waals surface area contributed by atoms with Crippen LogP contribution in [0.1, 0.15) is 18.4 Å². The maximum atomic E-state index is 13.0. The molecule has 1 saturated heterocycles. The number of para-hydroxylation sites is 1. The molecule has 0 amide bonds. The molecule has 0 aliphatic carbocycles. The van der Waals surface area contributed by atoms with Crippen molar-refractivity contribution in [1.82, 2.24) is 0 Å². The SMILES string of the molecule is CC1C(=O)C(c2ccc(F)cc2)C(=N)N1c1ccccc1. The molecule has 0 spiro atoms. The average molecular weight is 282 g/mol. The second-order valence-corrected chi connectivity index (χ2v) is 5.15. The summed E-state index contributed by atoms with van der Waals surface area (Å²) in [6.45, 7) is 1.80. The first kappa shape index (κ1) is 13.5. The number of nitrogens with zero attached hydrogens (tertiary/aromatic N) is 1. The number of anilines is 1. The number of rotatable bonds is 2. The fourth-order valence-electron chi connectivity index (χ4n) is 2.78. The molecule has 2 atom stereocenters. The summed E-state index contributed by atoms with van der Waals surface area (Å²) in [5, 5.41) is 8.36. The van der Waals surface area contributed by atoms with E-state index in [1.807, 2.05) is 30.3 Å². The van der Waals surface area contributed by atoms with Crippen molar-refractivity contribution in [3.63, 3.8) is 0 Å². The van der Waals surface area contributed by atoms with E-state index in [2.05, 4.69) is 0 Å². The lowest BCUT2D eigenvalue weighted by molar-refractivity contribution is -0.118. The number of amidine groups is 1. The van der Waals surface area contributed by atoms with Crippen molar-refractivity contribution in [2.75, 3.05) is 4.90 Å². The Bertz CT molecular complexity index is 682. The van der Waals surface area contributed by atoms with Crippen LogP contribution in [0.5, 0.6) is 0 Å². The van der Waals surface area contributed by atoms with E-state index >= 15 is 0 Å². The average Bonchev–Trinajstić information content (AvgIpc) is 2.72. The van der Waals surface area contributed by atoms with Crippen LogP contribution in [0.4, 0.5) is 10.1 Å². The van der Waals surface area contributed by atoms with Gasteiger partial charge in [0.1, 0.15) is 17.6 Å². The number of carbonyl (C=O) groups is 1. The fourth-order valence-corrected chi connectivity index (χ4v) is 2.78. The lowest BCUT2D eigenvalue weighted by atomic mass is 9.94. The number of ketones is 1. The summed E-state index contributed by atoms with van der Waals surface area (Å²) >= 11 is 0. The minimum absolute atomic E-state index is 0.0320. The third-order valence-electron chi connectivity index (χ3n) is 3.85. The molecule has 3 rings (SSSR count). The first-order valence-electron chi connectivity index (χ1n) is 6.81.